The predicted molar refractivity (Wildman–Crippen MR) is 48.2 cm³/mol. The highest BCUT2D eigenvalue weighted by Gasteiger charge is 2.03. The summed E-state index contributed by atoms with van der Waals surface area (Å²) in [6.45, 7) is 1.50. The molecule has 0 unspecified atom stereocenters. The molecule has 0 amide bonds. The molecule has 0 N–H and O–H groups in total. The lowest BCUT2D eigenvalue weighted by Gasteiger charge is -1.99. The van der Waals surface area contributed by atoms with E-state index < -0.39 is 5.82 Å². The molecule has 0 bridgehead atoms. The lowest BCUT2D eigenvalue weighted by atomic mass is 10.1. The van der Waals surface area contributed by atoms with E-state index in [4.69, 9.17) is 11.6 Å². The maximum Gasteiger partial charge on any atom is 0.164 e. The molecule has 2 nitrogen and oxygen atoms in total. The molecule has 0 saturated heterocycles. The number of Topliss-reactive ketones (excluding diaryl/α,β-unsaturated/α-hetero) is 1. The van der Waals surface area contributed by atoms with Gasteiger partial charge in [0, 0.05) is 12.6 Å². The standard InChI is InChI=1S/C9H9ClFNO/c1-6(13)2-3-7-4-8(11)9(10)12-5-7/h4-5H,2-3H2,1H3. The summed E-state index contributed by atoms with van der Waals surface area (Å²) in [7, 11) is 0. The van der Waals surface area contributed by atoms with Crippen LogP contribution in [-0.2, 0) is 11.2 Å². The first-order chi connectivity index (χ1) is 6.09. The molecule has 1 aromatic heterocycles. The maximum atomic E-state index is 12.8. The van der Waals surface area contributed by atoms with Crippen LogP contribution in [0.5, 0.6) is 0 Å². The van der Waals surface area contributed by atoms with Gasteiger partial charge in [-0.1, -0.05) is 11.6 Å². The Balaban J connectivity index is 2.68. The van der Waals surface area contributed by atoms with E-state index in [-0.39, 0.29) is 10.9 Å². The van der Waals surface area contributed by atoms with Crippen molar-refractivity contribution < 1.29 is 9.18 Å². The lowest BCUT2D eigenvalue weighted by Crippen LogP contribution is -1.95. The number of nitrogens with zero attached hydrogens (tertiary/aromatic N) is 1. The average molecular weight is 202 g/mol. The number of aryl methyl sites for hydroxylation is 1. The summed E-state index contributed by atoms with van der Waals surface area (Å²) in [6, 6.07) is 1.30. The number of carbonyl (C=O) groups excluding carboxylic acids is 1. The highest BCUT2D eigenvalue weighted by Crippen LogP contribution is 2.12. The van der Waals surface area contributed by atoms with Gasteiger partial charge in [-0.05, 0) is 25.0 Å². The average Bonchev–Trinajstić information content (AvgIpc) is 2.07. The Morgan fingerprint density at radius 1 is 1.69 bits per heavy atom. The first kappa shape index (κ1) is 10.1. The van der Waals surface area contributed by atoms with Gasteiger partial charge in [-0.15, -0.1) is 0 Å². The molecular weight excluding hydrogens is 193 g/mol. The van der Waals surface area contributed by atoms with Crippen LogP contribution in [0.1, 0.15) is 18.9 Å². The van der Waals surface area contributed by atoms with Gasteiger partial charge in [-0.25, -0.2) is 9.37 Å². The third kappa shape index (κ3) is 3.11. The number of rotatable bonds is 3. The van der Waals surface area contributed by atoms with Crippen molar-refractivity contribution in [3.63, 3.8) is 0 Å². The Morgan fingerprint density at radius 3 is 2.92 bits per heavy atom. The summed E-state index contributed by atoms with van der Waals surface area (Å²) in [5.74, 6) is -0.460. The van der Waals surface area contributed by atoms with Crippen LogP contribution in [-0.4, -0.2) is 10.8 Å². The van der Waals surface area contributed by atoms with Gasteiger partial charge < -0.3 is 4.79 Å². The molecule has 0 aliphatic heterocycles. The van der Waals surface area contributed by atoms with E-state index in [1.54, 1.807) is 0 Å². The Bertz CT molecular complexity index is 327. The van der Waals surface area contributed by atoms with Gasteiger partial charge in [-0.3, -0.25) is 0 Å². The van der Waals surface area contributed by atoms with Crippen molar-refractivity contribution in [3.05, 3.63) is 28.8 Å². The zero-order valence-electron chi connectivity index (χ0n) is 7.18. The minimum Gasteiger partial charge on any atom is -0.300 e. The number of hydrogen-bond donors (Lipinski definition) is 0. The van der Waals surface area contributed by atoms with Gasteiger partial charge in [-0.2, -0.15) is 0 Å². The molecule has 0 aliphatic rings. The molecule has 0 saturated carbocycles. The van der Waals surface area contributed by atoms with E-state index in [1.165, 1.54) is 19.2 Å². The second-order valence-electron chi connectivity index (χ2n) is 2.82. The van der Waals surface area contributed by atoms with E-state index in [9.17, 15) is 9.18 Å². The van der Waals surface area contributed by atoms with Crippen LogP contribution < -0.4 is 0 Å². The SMILES string of the molecule is CC(=O)CCc1cnc(Cl)c(F)c1. The highest BCUT2D eigenvalue weighted by molar-refractivity contribution is 6.29. The molecule has 1 heterocycles. The topological polar surface area (TPSA) is 30.0 Å². The van der Waals surface area contributed by atoms with E-state index in [2.05, 4.69) is 4.98 Å². The molecule has 4 heteroatoms. The molecule has 13 heavy (non-hydrogen) atoms. The minimum absolute atomic E-state index is 0.0790. The molecular formula is C9H9ClFNO. The van der Waals surface area contributed by atoms with E-state index in [0.717, 1.165) is 0 Å². The Hall–Kier alpha value is -0.960. The minimum atomic E-state index is -0.539. The van der Waals surface area contributed by atoms with Crippen LogP contribution >= 0.6 is 11.6 Å². The fourth-order valence-corrected chi connectivity index (χ4v) is 1.02. The van der Waals surface area contributed by atoms with Crippen molar-refractivity contribution in [2.24, 2.45) is 0 Å². The van der Waals surface area contributed by atoms with E-state index in [0.29, 0.717) is 18.4 Å². The fourth-order valence-electron chi connectivity index (χ4n) is 0.918. The molecule has 0 spiro atoms. The van der Waals surface area contributed by atoms with Crippen LogP contribution in [0.25, 0.3) is 0 Å². The van der Waals surface area contributed by atoms with Gasteiger partial charge in [0.2, 0.25) is 0 Å². The quantitative estimate of drug-likeness (QED) is 0.703. The molecule has 1 aromatic rings. The Labute approximate surface area is 80.7 Å². The molecule has 0 aliphatic carbocycles. The first-order valence-electron chi connectivity index (χ1n) is 3.89. The summed E-state index contributed by atoms with van der Waals surface area (Å²) in [5, 5.41) is -0.133. The summed E-state index contributed by atoms with van der Waals surface area (Å²) in [4.78, 5) is 14.3. The number of pyridine rings is 1. The molecule has 1 rings (SSSR count). The van der Waals surface area contributed by atoms with Crippen LogP contribution in [0.2, 0.25) is 5.15 Å². The monoisotopic (exact) mass is 201 g/mol. The van der Waals surface area contributed by atoms with Crippen molar-refractivity contribution >= 4 is 17.4 Å². The van der Waals surface area contributed by atoms with Gasteiger partial charge >= 0.3 is 0 Å². The second kappa shape index (κ2) is 4.33. The zero-order valence-corrected chi connectivity index (χ0v) is 7.94. The van der Waals surface area contributed by atoms with E-state index >= 15 is 0 Å². The number of aromatic nitrogens is 1. The normalized spacial score (nSPS) is 10.1. The van der Waals surface area contributed by atoms with Crippen molar-refractivity contribution in [3.8, 4) is 0 Å². The van der Waals surface area contributed by atoms with Crippen LogP contribution in [0.3, 0.4) is 0 Å². The van der Waals surface area contributed by atoms with Crippen LogP contribution in [0, 0.1) is 5.82 Å². The van der Waals surface area contributed by atoms with Gasteiger partial charge in [0.1, 0.15) is 5.78 Å². The number of ketones is 1. The maximum absolute atomic E-state index is 12.8. The third-order valence-electron chi connectivity index (χ3n) is 1.62. The summed E-state index contributed by atoms with van der Waals surface area (Å²) < 4.78 is 12.8. The van der Waals surface area contributed by atoms with Gasteiger partial charge in [0.05, 0.1) is 0 Å². The fraction of sp³-hybridized carbons (Fsp3) is 0.333. The molecule has 70 valence electrons. The van der Waals surface area contributed by atoms with Crippen molar-refractivity contribution in [1.29, 1.82) is 0 Å². The summed E-state index contributed by atoms with van der Waals surface area (Å²) in [6.07, 6.45) is 2.40. The van der Waals surface area contributed by atoms with Crippen LogP contribution in [0.4, 0.5) is 4.39 Å². The Kier molecular flexibility index (Phi) is 3.37. The van der Waals surface area contributed by atoms with Crippen LogP contribution in [0.15, 0.2) is 12.3 Å². The lowest BCUT2D eigenvalue weighted by molar-refractivity contribution is -0.116. The first-order valence-corrected chi connectivity index (χ1v) is 4.26. The summed E-state index contributed by atoms with van der Waals surface area (Å²) >= 11 is 5.39. The number of carbonyl (C=O) groups is 1. The Morgan fingerprint density at radius 2 is 2.38 bits per heavy atom. The molecule has 0 aromatic carbocycles. The predicted octanol–water partition coefficient (Wildman–Crippen LogP) is 2.40. The van der Waals surface area contributed by atoms with Gasteiger partial charge in [0.25, 0.3) is 0 Å². The van der Waals surface area contributed by atoms with Crippen molar-refractivity contribution in [1.82, 2.24) is 4.98 Å². The summed E-state index contributed by atoms with van der Waals surface area (Å²) in [5.41, 5.74) is 0.692. The third-order valence-corrected chi connectivity index (χ3v) is 1.90. The largest absolute Gasteiger partial charge is 0.300 e. The molecule has 0 radical (unpaired) electrons. The second-order valence-corrected chi connectivity index (χ2v) is 3.18. The molecule has 0 atom stereocenters. The number of hydrogen-bond acceptors (Lipinski definition) is 2. The zero-order chi connectivity index (χ0) is 9.84. The molecule has 0 fully saturated rings. The van der Waals surface area contributed by atoms with Gasteiger partial charge in [0.15, 0.2) is 11.0 Å². The van der Waals surface area contributed by atoms with Crippen molar-refractivity contribution in [2.75, 3.05) is 0 Å². The smallest absolute Gasteiger partial charge is 0.164 e. The number of halogens is 2. The van der Waals surface area contributed by atoms with E-state index in [1.807, 2.05) is 0 Å². The highest BCUT2D eigenvalue weighted by atomic mass is 35.5. The van der Waals surface area contributed by atoms with Crippen molar-refractivity contribution in [2.45, 2.75) is 19.8 Å².